The molecule has 3 aromatic heterocycles. The Morgan fingerprint density at radius 3 is 2.64 bits per heavy atom. The van der Waals surface area contributed by atoms with Crippen LogP contribution in [0.5, 0.6) is 0 Å². The van der Waals surface area contributed by atoms with Gasteiger partial charge in [-0.05, 0) is 49.1 Å². The Labute approximate surface area is 209 Å². The van der Waals surface area contributed by atoms with Gasteiger partial charge in [0.1, 0.15) is 0 Å². The van der Waals surface area contributed by atoms with Crippen molar-refractivity contribution in [2.24, 2.45) is 5.92 Å². The molecule has 1 aliphatic carbocycles. The van der Waals surface area contributed by atoms with Crippen molar-refractivity contribution in [2.45, 2.75) is 32.7 Å². The minimum Gasteiger partial charge on any atom is -0.382 e. The van der Waals surface area contributed by atoms with Crippen LogP contribution in [0.3, 0.4) is 0 Å². The van der Waals surface area contributed by atoms with Gasteiger partial charge in [0.2, 0.25) is 0 Å². The fraction of sp³-hybridized carbons (Fsp3) is 0.241. The van der Waals surface area contributed by atoms with Gasteiger partial charge in [-0.3, -0.25) is 9.78 Å². The van der Waals surface area contributed by atoms with Crippen molar-refractivity contribution in [3.05, 3.63) is 78.6 Å². The third-order valence-corrected chi connectivity index (χ3v) is 6.45. The lowest BCUT2D eigenvalue weighted by Crippen LogP contribution is -2.25. The summed E-state index contributed by atoms with van der Waals surface area (Å²) in [6, 6.07) is 20.2. The summed E-state index contributed by atoms with van der Waals surface area (Å²) in [4.78, 5) is 21.7. The van der Waals surface area contributed by atoms with E-state index in [4.69, 9.17) is 10.1 Å². The first-order chi connectivity index (χ1) is 17.6. The number of nitrogens with one attached hydrogen (secondary N) is 2. The van der Waals surface area contributed by atoms with E-state index in [0.29, 0.717) is 17.5 Å². The van der Waals surface area contributed by atoms with E-state index in [1.807, 2.05) is 65.4 Å². The number of carbonyl (C=O) groups is 1. The summed E-state index contributed by atoms with van der Waals surface area (Å²) in [7, 11) is 0. The lowest BCUT2D eigenvalue weighted by atomic mass is 10.1. The zero-order chi connectivity index (χ0) is 24.6. The minimum absolute atomic E-state index is 0.0210. The second kappa shape index (κ2) is 9.07. The number of carbonyl (C=O) groups excluding carboxylic acids is 1. The van der Waals surface area contributed by atoms with Crippen LogP contribution in [0.15, 0.2) is 73.1 Å². The molecule has 0 unspecified atom stereocenters. The van der Waals surface area contributed by atoms with E-state index in [0.717, 1.165) is 64.1 Å². The molecule has 0 radical (unpaired) electrons. The van der Waals surface area contributed by atoms with Crippen LogP contribution >= 0.6 is 0 Å². The van der Waals surface area contributed by atoms with Gasteiger partial charge in [0.25, 0.3) is 5.91 Å². The number of fused-ring (bicyclic) bond motifs is 2. The average molecular weight is 477 g/mol. The van der Waals surface area contributed by atoms with E-state index in [2.05, 4.69) is 41.6 Å². The number of anilines is 1. The zero-order valence-electron chi connectivity index (χ0n) is 20.4. The van der Waals surface area contributed by atoms with Crippen molar-refractivity contribution in [1.82, 2.24) is 24.9 Å². The van der Waals surface area contributed by atoms with Crippen LogP contribution < -0.4 is 10.6 Å². The second-order valence-electron chi connectivity index (χ2n) is 9.80. The summed E-state index contributed by atoms with van der Waals surface area (Å²) in [5.74, 6) is 0.458. The first-order valence-corrected chi connectivity index (χ1v) is 12.4. The van der Waals surface area contributed by atoms with Crippen LogP contribution in [0, 0.1) is 5.92 Å². The Balaban J connectivity index is 1.45. The lowest BCUT2D eigenvalue weighted by Gasteiger charge is -2.13. The molecule has 6 rings (SSSR count). The fourth-order valence-electron chi connectivity index (χ4n) is 4.35. The van der Waals surface area contributed by atoms with Gasteiger partial charge >= 0.3 is 0 Å². The van der Waals surface area contributed by atoms with Gasteiger partial charge in [0, 0.05) is 40.9 Å². The van der Waals surface area contributed by atoms with Gasteiger partial charge in [-0.1, -0.05) is 44.2 Å². The van der Waals surface area contributed by atoms with Crippen LogP contribution in [0.2, 0.25) is 0 Å². The van der Waals surface area contributed by atoms with Crippen molar-refractivity contribution >= 4 is 28.1 Å². The van der Waals surface area contributed by atoms with Crippen molar-refractivity contribution in [2.75, 3.05) is 11.9 Å². The van der Waals surface area contributed by atoms with E-state index in [-0.39, 0.29) is 5.91 Å². The largest absolute Gasteiger partial charge is 0.382 e. The third kappa shape index (κ3) is 4.28. The third-order valence-electron chi connectivity index (χ3n) is 6.45. The van der Waals surface area contributed by atoms with Gasteiger partial charge < -0.3 is 10.6 Å². The van der Waals surface area contributed by atoms with Crippen molar-refractivity contribution in [1.29, 1.82) is 0 Å². The summed E-state index contributed by atoms with van der Waals surface area (Å²) in [6.07, 6.45) is 5.81. The zero-order valence-corrected chi connectivity index (χ0v) is 20.4. The van der Waals surface area contributed by atoms with Gasteiger partial charge in [-0.15, -0.1) is 0 Å². The molecule has 7 nitrogen and oxygen atoms in total. The number of imidazole rings is 1. The van der Waals surface area contributed by atoms with E-state index >= 15 is 0 Å². The molecule has 2 N–H and O–H groups in total. The number of hydrogen-bond acceptors (Lipinski definition) is 5. The molecule has 3 heterocycles. The van der Waals surface area contributed by atoms with Crippen LogP contribution in [0.4, 0.5) is 5.69 Å². The average Bonchev–Trinajstić information content (AvgIpc) is 3.61. The second-order valence-corrected chi connectivity index (χ2v) is 9.80. The number of para-hydroxylation sites is 1. The molecule has 5 aromatic rings. The minimum atomic E-state index is -0.0210. The highest BCUT2D eigenvalue weighted by Crippen LogP contribution is 2.31. The smallest absolute Gasteiger partial charge is 0.251 e. The Bertz CT molecular complexity index is 1560. The maximum atomic E-state index is 12.4. The fourth-order valence-corrected chi connectivity index (χ4v) is 4.35. The molecule has 7 heteroatoms. The lowest BCUT2D eigenvalue weighted by molar-refractivity contribution is 0.0951. The van der Waals surface area contributed by atoms with E-state index in [9.17, 15) is 4.79 Å². The molecule has 1 aliphatic rings. The normalized spacial score (nSPS) is 13.4. The molecule has 2 aromatic carbocycles. The quantitative estimate of drug-likeness (QED) is 0.321. The molecule has 1 amide bonds. The molecule has 0 aliphatic heterocycles. The Kier molecular flexibility index (Phi) is 5.60. The number of pyridine rings is 1. The van der Waals surface area contributed by atoms with E-state index < -0.39 is 0 Å². The Morgan fingerprint density at radius 2 is 1.86 bits per heavy atom. The van der Waals surface area contributed by atoms with Crippen LogP contribution in [-0.2, 0) is 0 Å². The van der Waals surface area contributed by atoms with Crippen molar-refractivity contribution < 1.29 is 4.79 Å². The highest BCUT2D eigenvalue weighted by Gasteiger charge is 2.24. The molecule has 0 atom stereocenters. The Hall–Kier alpha value is -4.26. The van der Waals surface area contributed by atoms with Gasteiger partial charge in [-0.25, -0.2) is 9.50 Å². The van der Waals surface area contributed by atoms with Crippen LogP contribution in [0.1, 0.15) is 37.0 Å². The van der Waals surface area contributed by atoms with E-state index in [1.54, 1.807) is 0 Å². The molecule has 1 saturated carbocycles. The number of amides is 1. The van der Waals surface area contributed by atoms with Crippen LogP contribution in [0.25, 0.3) is 39.1 Å². The topological polar surface area (TPSA) is 84.2 Å². The first-order valence-electron chi connectivity index (χ1n) is 12.4. The standard InChI is InChI=1S/C29H28N6O/c1-18(2)16-31-26-15-25(23-13-14-30-24-6-4-3-5-22(23)24)34-35-27(17-32-28(26)35)19-7-9-20(10-8-19)29(36)33-21-11-12-21/h3-10,13-15,17-18,21,31H,11-12,16H2,1-2H3,(H,33,36). The summed E-state index contributed by atoms with van der Waals surface area (Å²) in [5.41, 5.74) is 6.96. The highest BCUT2D eigenvalue weighted by atomic mass is 16.1. The monoisotopic (exact) mass is 476 g/mol. The molecule has 180 valence electrons. The molecular weight excluding hydrogens is 448 g/mol. The molecular formula is C29H28N6O. The molecule has 0 bridgehead atoms. The summed E-state index contributed by atoms with van der Waals surface area (Å²) >= 11 is 0. The van der Waals surface area contributed by atoms with Crippen molar-refractivity contribution in [3.8, 4) is 22.5 Å². The summed E-state index contributed by atoms with van der Waals surface area (Å²) in [5, 5.41) is 12.7. The van der Waals surface area contributed by atoms with Gasteiger partial charge in [0.05, 0.1) is 28.8 Å². The Morgan fingerprint density at radius 1 is 1.06 bits per heavy atom. The van der Waals surface area contributed by atoms with Crippen LogP contribution in [-0.4, -0.2) is 38.1 Å². The van der Waals surface area contributed by atoms with Gasteiger partial charge in [-0.2, -0.15) is 5.10 Å². The molecule has 0 spiro atoms. The number of benzene rings is 2. The maximum Gasteiger partial charge on any atom is 0.251 e. The molecule has 1 fully saturated rings. The molecule has 0 saturated heterocycles. The first kappa shape index (κ1) is 22.2. The summed E-state index contributed by atoms with van der Waals surface area (Å²) in [6.45, 7) is 5.18. The number of rotatable bonds is 7. The summed E-state index contributed by atoms with van der Waals surface area (Å²) < 4.78 is 1.90. The number of nitrogens with zero attached hydrogens (tertiary/aromatic N) is 4. The van der Waals surface area contributed by atoms with E-state index in [1.165, 1.54) is 0 Å². The SMILES string of the molecule is CC(C)CNc1cc(-c2ccnc3ccccc23)nn2c(-c3ccc(C(=O)NC4CC4)cc3)cnc12. The number of aromatic nitrogens is 4. The predicted molar refractivity (Wildman–Crippen MR) is 143 cm³/mol. The maximum absolute atomic E-state index is 12.4. The number of hydrogen-bond donors (Lipinski definition) is 2. The predicted octanol–water partition coefficient (Wildman–Crippen LogP) is 5.57. The van der Waals surface area contributed by atoms with Crippen molar-refractivity contribution in [3.63, 3.8) is 0 Å². The highest BCUT2D eigenvalue weighted by molar-refractivity contribution is 5.95. The molecule has 36 heavy (non-hydrogen) atoms. The van der Waals surface area contributed by atoms with Gasteiger partial charge in [0.15, 0.2) is 5.65 Å².